The molecule has 68 valence electrons. The molecular formula is C11H19N. The van der Waals surface area contributed by atoms with Gasteiger partial charge >= 0.3 is 0 Å². The van der Waals surface area contributed by atoms with Crippen molar-refractivity contribution in [3.8, 4) is 0 Å². The first-order valence-electron chi connectivity index (χ1n) is 5.32. The van der Waals surface area contributed by atoms with Crippen molar-refractivity contribution in [1.82, 2.24) is 0 Å². The van der Waals surface area contributed by atoms with E-state index in [9.17, 15) is 0 Å². The molecule has 1 atom stereocenters. The van der Waals surface area contributed by atoms with Crippen molar-refractivity contribution >= 4 is 0 Å². The number of hydrogen-bond donors (Lipinski definition) is 1. The Morgan fingerprint density at radius 2 is 1.83 bits per heavy atom. The van der Waals surface area contributed by atoms with Gasteiger partial charge in [0, 0.05) is 6.04 Å². The molecule has 0 aliphatic heterocycles. The Kier molecular flexibility index (Phi) is 2.50. The van der Waals surface area contributed by atoms with Gasteiger partial charge in [-0.25, -0.2) is 0 Å². The highest BCUT2D eigenvalue weighted by Gasteiger charge is 2.21. The molecule has 0 aromatic rings. The van der Waals surface area contributed by atoms with E-state index >= 15 is 0 Å². The fourth-order valence-electron chi connectivity index (χ4n) is 2.59. The quantitative estimate of drug-likeness (QED) is 0.594. The first-order valence-corrected chi connectivity index (χ1v) is 5.32. The van der Waals surface area contributed by atoms with Crippen LogP contribution in [0.15, 0.2) is 11.6 Å². The van der Waals surface area contributed by atoms with E-state index in [0.717, 1.165) is 5.92 Å². The zero-order valence-corrected chi connectivity index (χ0v) is 7.76. The minimum absolute atomic E-state index is 0.377. The molecule has 1 saturated carbocycles. The fourth-order valence-corrected chi connectivity index (χ4v) is 2.59. The first-order chi connectivity index (χ1) is 5.86. The maximum absolute atomic E-state index is 5.86. The van der Waals surface area contributed by atoms with Gasteiger partial charge in [0.1, 0.15) is 0 Å². The van der Waals surface area contributed by atoms with E-state index < -0.39 is 0 Å². The standard InChI is InChI=1S/C11H19N/c12-11-7-6-10(8-11)9-4-2-1-3-5-9/h8-9,11H,1-7,12H2. The van der Waals surface area contributed by atoms with Crippen molar-refractivity contribution < 1.29 is 0 Å². The fraction of sp³-hybridized carbons (Fsp3) is 0.818. The number of nitrogens with two attached hydrogens (primary N) is 1. The Morgan fingerprint density at radius 1 is 1.08 bits per heavy atom. The van der Waals surface area contributed by atoms with Gasteiger partial charge in [0.25, 0.3) is 0 Å². The monoisotopic (exact) mass is 165 g/mol. The number of hydrogen-bond acceptors (Lipinski definition) is 1. The van der Waals surface area contributed by atoms with Gasteiger partial charge in [0.15, 0.2) is 0 Å². The number of allylic oxidation sites excluding steroid dienone is 1. The third-order valence-corrected chi connectivity index (χ3v) is 3.32. The second-order valence-electron chi connectivity index (χ2n) is 4.28. The highest BCUT2D eigenvalue weighted by atomic mass is 14.6. The molecule has 2 N–H and O–H groups in total. The van der Waals surface area contributed by atoms with E-state index in [-0.39, 0.29) is 0 Å². The Morgan fingerprint density at radius 3 is 2.42 bits per heavy atom. The topological polar surface area (TPSA) is 26.0 Å². The summed E-state index contributed by atoms with van der Waals surface area (Å²) < 4.78 is 0. The molecule has 2 aliphatic carbocycles. The predicted octanol–water partition coefficient (Wildman–Crippen LogP) is 2.61. The summed E-state index contributed by atoms with van der Waals surface area (Å²) >= 11 is 0. The Bertz CT molecular complexity index is 177. The van der Waals surface area contributed by atoms with E-state index in [1.165, 1.54) is 44.9 Å². The second kappa shape index (κ2) is 3.61. The molecule has 0 heterocycles. The van der Waals surface area contributed by atoms with Crippen LogP contribution in [0.4, 0.5) is 0 Å². The van der Waals surface area contributed by atoms with Gasteiger partial charge in [-0.15, -0.1) is 0 Å². The summed E-state index contributed by atoms with van der Waals surface area (Å²) in [5.74, 6) is 0.910. The van der Waals surface area contributed by atoms with E-state index in [4.69, 9.17) is 5.73 Å². The predicted molar refractivity (Wildman–Crippen MR) is 51.9 cm³/mol. The summed E-state index contributed by atoms with van der Waals surface area (Å²) in [5, 5.41) is 0. The minimum Gasteiger partial charge on any atom is -0.324 e. The van der Waals surface area contributed by atoms with Crippen molar-refractivity contribution in [2.45, 2.75) is 51.0 Å². The van der Waals surface area contributed by atoms with Crippen LogP contribution in [0.1, 0.15) is 44.9 Å². The van der Waals surface area contributed by atoms with Gasteiger partial charge < -0.3 is 5.73 Å². The summed E-state index contributed by atoms with van der Waals surface area (Å²) in [7, 11) is 0. The lowest BCUT2D eigenvalue weighted by Crippen LogP contribution is -2.12. The van der Waals surface area contributed by atoms with Gasteiger partial charge in [-0.1, -0.05) is 30.9 Å². The second-order valence-corrected chi connectivity index (χ2v) is 4.28. The molecule has 0 radical (unpaired) electrons. The summed E-state index contributed by atoms with van der Waals surface area (Å²) in [6.45, 7) is 0. The Labute approximate surface area is 75.0 Å². The average molecular weight is 165 g/mol. The SMILES string of the molecule is NC1C=C(C2CCCCC2)CC1. The summed E-state index contributed by atoms with van der Waals surface area (Å²) in [6.07, 6.45) is 12.0. The molecule has 0 aromatic carbocycles. The van der Waals surface area contributed by atoms with E-state index in [1.807, 2.05) is 0 Å². The molecular weight excluding hydrogens is 146 g/mol. The van der Waals surface area contributed by atoms with Gasteiger partial charge in [-0.05, 0) is 31.6 Å². The van der Waals surface area contributed by atoms with Crippen LogP contribution in [0.25, 0.3) is 0 Å². The summed E-state index contributed by atoms with van der Waals surface area (Å²) in [4.78, 5) is 0. The lowest BCUT2D eigenvalue weighted by atomic mass is 9.83. The van der Waals surface area contributed by atoms with Crippen LogP contribution in [-0.4, -0.2) is 6.04 Å². The van der Waals surface area contributed by atoms with Crippen LogP contribution < -0.4 is 5.73 Å². The lowest BCUT2D eigenvalue weighted by molar-refractivity contribution is 0.397. The van der Waals surface area contributed by atoms with Crippen LogP contribution in [0, 0.1) is 5.92 Å². The molecule has 2 aliphatic rings. The highest BCUT2D eigenvalue weighted by Crippen LogP contribution is 2.34. The largest absolute Gasteiger partial charge is 0.324 e. The van der Waals surface area contributed by atoms with Crippen LogP contribution in [-0.2, 0) is 0 Å². The van der Waals surface area contributed by atoms with Crippen LogP contribution in [0.3, 0.4) is 0 Å². The van der Waals surface area contributed by atoms with Crippen molar-refractivity contribution in [3.05, 3.63) is 11.6 Å². The maximum Gasteiger partial charge on any atom is 0.0229 e. The van der Waals surface area contributed by atoms with E-state index in [1.54, 1.807) is 5.57 Å². The molecule has 0 amide bonds. The molecule has 0 spiro atoms. The average Bonchev–Trinajstić information content (AvgIpc) is 2.54. The molecule has 1 fully saturated rings. The molecule has 0 aromatic heterocycles. The first kappa shape index (κ1) is 8.31. The molecule has 0 saturated heterocycles. The van der Waals surface area contributed by atoms with Crippen LogP contribution in [0.5, 0.6) is 0 Å². The number of rotatable bonds is 1. The molecule has 2 rings (SSSR count). The van der Waals surface area contributed by atoms with E-state index in [2.05, 4.69) is 6.08 Å². The van der Waals surface area contributed by atoms with Crippen molar-refractivity contribution in [3.63, 3.8) is 0 Å². The van der Waals surface area contributed by atoms with Gasteiger partial charge in [0.05, 0.1) is 0 Å². The molecule has 1 unspecified atom stereocenters. The lowest BCUT2D eigenvalue weighted by Gasteiger charge is -2.22. The van der Waals surface area contributed by atoms with Gasteiger partial charge in [-0.3, -0.25) is 0 Å². The van der Waals surface area contributed by atoms with Crippen LogP contribution in [0.2, 0.25) is 0 Å². The van der Waals surface area contributed by atoms with Crippen LogP contribution >= 0.6 is 0 Å². The minimum atomic E-state index is 0.377. The van der Waals surface area contributed by atoms with Crippen molar-refractivity contribution in [2.24, 2.45) is 11.7 Å². The van der Waals surface area contributed by atoms with Gasteiger partial charge in [-0.2, -0.15) is 0 Å². The Balaban J connectivity index is 1.94. The smallest absolute Gasteiger partial charge is 0.0229 e. The zero-order chi connectivity index (χ0) is 8.39. The maximum atomic E-state index is 5.86. The van der Waals surface area contributed by atoms with E-state index in [0.29, 0.717) is 6.04 Å². The molecule has 12 heavy (non-hydrogen) atoms. The summed E-state index contributed by atoms with van der Waals surface area (Å²) in [6, 6.07) is 0.377. The summed E-state index contributed by atoms with van der Waals surface area (Å²) in [5.41, 5.74) is 7.54. The van der Waals surface area contributed by atoms with Crippen molar-refractivity contribution in [1.29, 1.82) is 0 Å². The molecule has 0 bridgehead atoms. The normalized spacial score (nSPS) is 32.1. The zero-order valence-electron chi connectivity index (χ0n) is 7.76. The molecule has 1 nitrogen and oxygen atoms in total. The highest BCUT2D eigenvalue weighted by molar-refractivity contribution is 5.16. The van der Waals surface area contributed by atoms with Crippen molar-refractivity contribution in [2.75, 3.05) is 0 Å². The Hall–Kier alpha value is -0.300. The van der Waals surface area contributed by atoms with Gasteiger partial charge in [0.2, 0.25) is 0 Å². The third-order valence-electron chi connectivity index (χ3n) is 3.32. The third kappa shape index (κ3) is 1.71. The molecule has 1 heteroatoms.